The van der Waals surface area contributed by atoms with E-state index in [2.05, 4.69) is 33.0 Å². The van der Waals surface area contributed by atoms with Gasteiger partial charge >= 0.3 is 6.03 Å². The molecule has 3 aromatic carbocycles. The van der Waals surface area contributed by atoms with Crippen molar-refractivity contribution in [2.45, 2.75) is 31.2 Å². The number of anilines is 1. The second-order valence-corrected chi connectivity index (χ2v) is 9.53. The Morgan fingerprint density at radius 2 is 1.37 bits per heavy atom. The zero-order valence-corrected chi connectivity index (χ0v) is 19.9. The van der Waals surface area contributed by atoms with Crippen LogP contribution in [-0.4, -0.2) is 48.6 Å². The molecule has 1 aliphatic carbocycles. The lowest BCUT2D eigenvalue weighted by Crippen LogP contribution is -2.61. The van der Waals surface area contributed by atoms with E-state index in [4.69, 9.17) is 0 Å². The van der Waals surface area contributed by atoms with Crippen molar-refractivity contribution in [1.29, 1.82) is 0 Å². The van der Waals surface area contributed by atoms with Crippen molar-refractivity contribution in [3.8, 4) is 11.1 Å². The van der Waals surface area contributed by atoms with Gasteiger partial charge in [-0.3, -0.25) is 4.79 Å². The van der Waals surface area contributed by atoms with E-state index >= 15 is 0 Å². The highest BCUT2D eigenvalue weighted by molar-refractivity contribution is 5.97. The molecular formula is C29H32N4O2. The molecule has 0 spiro atoms. The lowest BCUT2D eigenvalue weighted by Gasteiger charge is -2.29. The van der Waals surface area contributed by atoms with Crippen LogP contribution in [0.3, 0.4) is 0 Å². The third-order valence-corrected chi connectivity index (χ3v) is 7.05. The van der Waals surface area contributed by atoms with Gasteiger partial charge in [-0.2, -0.15) is 0 Å². The van der Waals surface area contributed by atoms with Crippen LogP contribution in [0.2, 0.25) is 0 Å². The van der Waals surface area contributed by atoms with Gasteiger partial charge < -0.3 is 20.9 Å². The number of hydrogen-bond acceptors (Lipinski definition) is 3. The Morgan fingerprint density at radius 1 is 0.771 bits per heavy atom. The molecule has 6 heteroatoms. The first-order chi connectivity index (χ1) is 17.1. The van der Waals surface area contributed by atoms with Crippen LogP contribution in [0.1, 0.15) is 24.0 Å². The van der Waals surface area contributed by atoms with Crippen molar-refractivity contribution >= 4 is 17.6 Å². The summed E-state index contributed by atoms with van der Waals surface area (Å²) in [4.78, 5) is 28.9. The molecule has 1 saturated heterocycles. The van der Waals surface area contributed by atoms with E-state index < -0.39 is 5.54 Å². The molecule has 0 saturated carbocycles. The zero-order chi connectivity index (χ0) is 24.1. The highest BCUT2D eigenvalue weighted by atomic mass is 16.2. The van der Waals surface area contributed by atoms with Crippen LogP contribution in [0, 0.1) is 0 Å². The Balaban J connectivity index is 1.25. The Hall–Kier alpha value is -3.64. The number of rotatable bonds is 7. The fourth-order valence-corrected chi connectivity index (χ4v) is 5.18. The van der Waals surface area contributed by atoms with Crippen molar-refractivity contribution in [3.05, 3.63) is 90.0 Å². The van der Waals surface area contributed by atoms with Gasteiger partial charge in [-0.05, 0) is 60.3 Å². The van der Waals surface area contributed by atoms with E-state index in [-0.39, 0.29) is 11.9 Å². The van der Waals surface area contributed by atoms with E-state index in [9.17, 15) is 9.59 Å². The number of urea groups is 1. The second kappa shape index (κ2) is 10.3. The summed E-state index contributed by atoms with van der Waals surface area (Å²) < 4.78 is 0. The number of likely N-dealkylation sites (tertiary alicyclic amines) is 1. The average Bonchev–Trinajstić information content (AvgIpc) is 3.53. The van der Waals surface area contributed by atoms with Crippen LogP contribution in [0.5, 0.6) is 0 Å². The molecule has 0 atom stereocenters. The minimum Gasteiger partial charge on any atom is -0.353 e. The van der Waals surface area contributed by atoms with Gasteiger partial charge in [0.1, 0.15) is 5.54 Å². The maximum absolute atomic E-state index is 13.4. The number of carbonyl (C=O) groups excluding carboxylic acids is 2. The monoisotopic (exact) mass is 468 g/mol. The molecular weight excluding hydrogens is 436 g/mol. The van der Waals surface area contributed by atoms with Crippen LogP contribution >= 0.6 is 0 Å². The van der Waals surface area contributed by atoms with Gasteiger partial charge in [0.2, 0.25) is 5.91 Å². The van der Waals surface area contributed by atoms with Gasteiger partial charge in [-0.15, -0.1) is 0 Å². The lowest BCUT2D eigenvalue weighted by atomic mass is 9.94. The first-order valence-corrected chi connectivity index (χ1v) is 12.4. The van der Waals surface area contributed by atoms with Crippen molar-refractivity contribution in [3.63, 3.8) is 0 Å². The van der Waals surface area contributed by atoms with Crippen LogP contribution in [0.4, 0.5) is 10.5 Å². The summed E-state index contributed by atoms with van der Waals surface area (Å²) in [6, 6.07) is 25.5. The molecule has 3 amide bonds. The fraction of sp³-hybridized carbons (Fsp3) is 0.310. The minimum atomic E-state index is -0.997. The maximum atomic E-state index is 13.4. The van der Waals surface area contributed by atoms with Gasteiger partial charge in [0.25, 0.3) is 0 Å². The molecule has 0 aromatic heterocycles. The SMILES string of the molecule is O=C(Nc1ccc(-c2ccccc2)cc1)NC1(C(=O)NCCN2CCCC2)Cc2ccccc2C1. The number of benzene rings is 3. The first-order valence-electron chi connectivity index (χ1n) is 12.4. The van der Waals surface area contributed by atoms with Crippen LogP contribution in [-0.2, 0) is 17.6 Å². The summed E-state index contributed by atoms with van der Waals surface area (Å²) >= 11 is 0. The third kappa shape index (κ3) is 5.38. The topological polar surface area (TPSA) is 73.5 Å². The molecule has 2 aliphatic rings. The molecule has 35 heavy (non-hydrogen) atoms. The predicted octanol–water partition coefficient (Wildman–Crippen LogP) is 4.22. The average molecular weight is 469 g/mol. The number of hydrogen-bond donors (Lipinski definition) is 3. The highest BCUT2D eigenvalue weighted by Gasteiger charge is 2.45. The molecule has 5 rings (SSSR count). The molecule has 3 aromatic rings. The first kappa shape index (κ1) is 23.1. The molecule has 6 nitrogen and oxygen atoms in total. The van der Waals surface area contributed by atoms with Crippen LogP contribution in [0.15, 0.2) is 78.9 Å². The Kier molecular flexibility index (Phi) is 6.82. The smallest absolute Gasteiger partial charge is 0.320 e. The number of carbonyl (C=O) groups is 2. The van der Waals surface area contributed by atoms with E-state index in [0.29, 0.717) is 25.1 Å². The van der Waals surface area contributed by atoms with Gasteiger partial charge in [-0.25, -0.2) is 4.79 Å². The molecule has 0 radical (unpaired) electrons. The molecule has 180 valence electrons. The number of nitrogens with zero attached hydrogens (tertiary/aromatic N) is 1. The Bertz CT molecular complexity index is 1150. The molecule has 1 fully saturated rings. The van der Waals surface area contributed by atoms with Crippen LogP contribution < -0.4 is 16.0 Å². The molecule has 1 heterocycles. The summed E-state index contributed by atoms with van der Waals surface area (Å²) in [5.74, 6) is -0.123. The van der Waals surface area contributed by atoms with Crippen molar-refractivity contribution in [2.75, 3.05) is 31.5 Å². The molecule has 1 aliphatic heterocycles. The van der Waals surface area contributed by atoms with Gasteiger partial charge in [-0.1, -0.05) is 66.7 Å². The Labute approximate surface area is 206 Å². The van der Waals surface area contributed by atoms with Crippen molar-refractivity contribution in [1.82, 2.24) is 15.5 Å². The third-order valence-electron chi connectivity index (χ3n) is 7.05. The fourth-order valence-electron chi connectivity index (χ4n) is 5.18. The zero-order valence-electron chi connectivity index (χ0n) is 19.9. The van der Waals surface area contributed by atoms with E-state index in [1.54, 1.807) is 0 Å². The summed E-state index contributed by atoms with van der Waals surface area (Å²) in [7, 11) is 0. The summed E-state index contributed by atoms with van der Waals surface area (Å²) in [6.07, 6.45) is 3.42. The Morgan fingerprint density at radius 3 is 2.03 bits per heavy atom. The minimum absolute atomic E-state index is 0.123. The summed E-state index contributed by atoms with van der Waals surface area (Å²) in [6.45, 7) is 3.61. The number of fused-ring (bicyclic) bond motifs is 1. The van der Waals surface area contributed by atoms with E-state index in [1.807, 2.05) is 66.7 Å². The highest BCUT2D eigenvalue weighted by Crippen LogP contribution is 2.31. The van der Waals surface area contributed by atoms with Crippen LogP contribution in [0.25, 0.3) is 11.1 Å². The molecule has 0 unspecified atom stereocenters. The van der Waals surface area contributed by atoms with Crippen molar-refractivity contribution < 1.29 is 9.59 Å². The van der Waals surface area contributed by atoms with E-state index in [0.717, 1.165) is 41.9 Å². The lowest BCUT2D eigenvalue weighted by molar-refractivity contribution is -0.127. The standard InChI is InChI=1S/C29H32N4O2/c34-27(30-16-19-33-17-6-7-18-33)29(20-24-10-4-5-11-25(24)21-29)32-28(35)31-26-14-12-23(13-15-26)22-8-2-1-3-9-22/h1-5,8-15H,6-7,16-21H2,(H,30,34)(H2,31,32,35). The quantitative estimate of drug-likeness (QED) is 0.486. The van der Waals surface area contributed by atoms with E-state index in [1.165, 1.54) is 12.8 Å². The predicted molar refractivity (Wildman–Crippen MR) is 139 cm³/mol. The molecule has 3 N–H and O–H groups in total. The van der Waals surface area contributed by atoms with Crippen molar-refractivity contribution in [2.24, 2.45) is 0 Å². The normalized spacial score (nSPS) is 16.5. The summed E-state index contributed by atoms with van der Waals surface area (Å²) in [5, 5.41) is 9.05. The van der Waals surface area contributed by atoms with Gasteiger partial charge in [0.15, 0.2) is 0 Å². The largest absolute Gasteiger partial charge is 0.353 e. The maximum Gasteiger partial charge on any atom is 0.320 e. The van der Waals surface area contributed by atoms with Gasteiger partial charge in [0, 0.05) is 31.6 Å². The second-order valence-electron chi connectivity index (χ2n) is 9.53. The number of amides is 3. The molecule has 0 bridgehead atoms. The van der Waals surface area contributed by atoms with Gasteiger partial charge in [0.05, 0.1) is 0 Å². The number of nitrogens with one attached hydrogen (secondary N) is 3. The summed E-state index contributed by atoms with van der Waals surface area (Å²) in [5.41, 5.74) is 4.10.